The Bertz CT molecular complexity index is 493. The van der Waals surface area contributed by atoms with Crippen molar-refractivity contribution in [2.75, 3.05) is 5.73 Å². The zero-order valence-corrected chi connectivity index (χ0v) is 7.66. The van der Waals surface area contributed by atoms with E-state index in [2.05, 4.69) is 10.2 Å². The Kier molecular flexibility index (Phi) is 2.09. The van der Waals surface area contributed by atoms with E-state index in [9.17, 15) is 4.79 Å². The van der Waals surface area contributed by atoms with Gasteiger partial charge in [-0.05, 0) is 18.2 Å². The number of benzene rings is 1. The molecule has 0 aliphatic carbocycles. The number of hydrogen-bond acceptors (Lipinski definition) is 4. The number of nitrogens with zero attached hydrogens (tertiary/aromatic N) is 3. The van der Waals surface area contributed by atoms with Gasteiger partial charge in [-0.2, -0.15) is 0 Å². The molecule has 0 amide bonds. The average Bonchev–Trinajstić information content (AvgIpc) is 2.69. The van der Waals surface area contributed by atoms with Crippen molar-refractivity contribution < 1.29 is 9.90 Å². The van der Waals surface area contributed by atoms with Crippen molar-refractivity contribution in [3.05, 3.63) is 36.4 Å². The standard InChI is InChI=1S/C9H8N4O2/c10-8-3-6(13-4-11-12-5-13)1-2-7(8)9(14)15/h1-5H,10H2,(H,14,15). The zero-order valence-electron chi connectivity index (χ0n) is 7.66. The number of carbonyl (C=O) groups is 1. The Hall–Kier alpha value is -2.37. The van der Waals surface area contributed by atoms with Gasteiger partial charge in [0.15, 0.2) is 0 Å². The molecular formula is C9H8N4O2. The lowest BCUT2D eigenvalue weighted by atomic mass is 10.1. The summed E-state index contributed by atoms with van der Waals surface area (Å²) in [5, 5.41) is 16.1. The summed E-state index contributed by atoms with van der Waals surface area (Å²) >= 11 is 0. The van der Waals surface area contributed by atoms with Gasteiger partial charge in [-0.1, -0.05) is 0 Å². The van der Waals surface area contributed by atoms with E-state index < -0.39 is 5.97 Å². The second-order valence-electron chi connectivity index (χ2n) is 2.95. The molecule has 0 atom stereocenters. The average molecular weight is 204 g/mol. The highest BCUT2D eigenvalue weighted by atomic mass is 16.4. The van der Waals surface area contributed by atoms with Crippen LogP contribution in [-0.2, 0) is 0 Å². The summed E-state index contributed by atoms with van der Waals surface area (Å²) in [6, 6.07) is 4.66. The smallest absolute Gasteiger partial charge is 0.337 e. The summed E-state index contributed by atoms with van der Waals surface area (Å²) in [5.41, 5.74) is 6.62. The number of aromatic carboxylic acids is 1. The molecule has 6 heteroatoms. The summed E-state index contributed by atoms with van der Waals surface area (Å²) in [5.74, 6) is -1.04. The fraction of sp³-hybridized carbons (Fsp3) is 0. The molecule has 0 aliphatic heterocycles. The number of nitrogen functional groups attached to an aromatic ring is 1. The van der Waals surface area contributed by atoms with Gasteiger partial charge in [-0.15, -0.1) is 10.2 Å². The van der Waals surface area contributed by atoms with Crippen LogP contribution in [0.15, 0.2) is 30.9 Å². The Labute approximate surface area is 85.0 Å². The van der Waals surface area contributed by atoms with Crippen molar-refractivity contribution in [2.45, 2.75) is 0 Å². The van der Waals surface area contributed by atoms with Crippen LogP contribution < -0.4 is 5.73 Å². The molecule has 1 aromatic heterocycles. The van der Waals surface area contributed by atoms with E-state index in [1.807, 2.05) is 0 Å². The summed E-state index contributed by atoms with van der Waals surface area (Å²) < 4.78 is 1.64. The third-order valence-corrected chi connectivity index (χ3v) is 1.98. The Morgan fingerprint density at radius 3 is 2.53 bits per heavy atom. The second kappa shape index (κ2) is 3.41. The van der Waals surface area contributed by atoms with Crippen LogP contribution in [0.1, 0.15) is 10.4 Å². The van der Waals surface area contributed by atoms with Crippen LogP contribution >= 0.6 is 0 Å². The largest absolute Gasteiger partial charge is 0.478 e. The van der Waals surface area contributed by atoms with Gasteiger partial charge in [0, 0.05) is 5.69 Å². The first-order valence-electron chi connectivity index (χ1n) is 4.16. The van der Waals surface area contributed by atoms with Gasteiger partial charge >= 0.3 is 5.97 Å². The summed E-state index contributed by atoms with van der Waals surface area (Å²) in [6.45, 7) is 0. The quantitative estimate of drug-likeness (QED) is 0.696. The van der Waals surface area contributed by atoms with Gasteiger partial charge < -0.3 is 10.8 Å². The molecule has 0 aliphatic rings. The van der Waals surface area contributed by atoms with Gasteiger partial charge in [-0.25, -0.2) is 4.79 Å². The molecule has 1 heterocycles. The number of hydrogen-bond donors (Lipinski definition) is 2. The summed E-state index contributed by atoms with van der Waals surface area (Å²) in [4.78, 5) is 10.7. The van der Waals surface area contributed by atoms with Crippen LogP contribution in [0.2, 0.25) is 0 Å². The molecule has 0 saturated heterocycles. The minimum absolute atomic E-state index is 0.0897. The Balaban J connectivity index is 2.47. The maximum absolute atomic E-state index is 10.7. The minimum atomic E-state index is -1.04. The monoisotopic (exact) mass is 204 g/mol. The first-order chi connectivity index (χ1) is 7.18. The first kappa shape index (κ1) is 9.20. The molecule has 0 saturated carbocycles. The predicted octanol–water partition coefficient (Wildman–Crippen LogP) is 0.548. The van der Waals surface area contributed by atoms with Crippen LogP contribution in [-0.4, -0.2) is 25.8 Å². The fourth-order valence-corrected chi connectivity index (χ4v) is 1.24. The molecule has 0 fully saturated rings. The molecule has 3 N–H and O–H groups in total. The number of rotatable bonds is 2. The van der Waals surface area contributed by atoms with Crippen LogP contribution in [0, 0.1) is 0 Å². The molecule has 2 rings (SSSR count). The van der Waals surface area contributed by atoms with E-state index in [0.717, 1.165) is 5.69 Å². The zero-order chi connectivity index (χ0) is 10.8. The normalized spacial score (nSPS) is 10.1. The third kappa shape index (κ3) is 1.64. The highest BCUT2D eigenvalue weighted by Crippen LogP contribution is 2.16. The minimum Gasteiger partial charge on any atom is -0.478 e. The van der Waals surface area contributed by atoms with Gasteiger partial charge in [0.2, 0.25) is 0 Å². The Morgan fingerprint density at radius 2 is 2.00 bits per heavy atom. The van der Waals surface area contributed by atoms with Crippen LogP contribution in [0.3, 0.4) is 0 Å². The van der Waals surface area contributed by atoms with Crippen molar-refractivity contribution in [2.24, 2.45) is 0 Å². The number of carboxylic acids is 1. The lowest BCUT2D eigenvalue weighted by Crippen LogP contribution is -2.03. The maximum atomic E-state index is 10.7. The van der Waals surface area contributed by atoms with Gasteiger partial charge in [-0.3, -0.25) is 4.57 Å². The Morgan fingerprint density at radius 1 is 1.33 bits per heavy atom. The number of carboxylic acid groups (broad SMARTS) is 1. The molecule has 0 radical (unpaired) electrons. The second-order valence-corrected chi connectivity index (χ2v) is 2.95. The fourth-order valence-electron chi connectivity index (χ4n) is 1.24. The summed E-state index contributed by atoms with van der Waals surface area (Å²) in [7, 11) is 0. The number of nitrogens with two attached hydrogens (primary N) is 1. The van der Waals surface area contributed by atoms with Crippen LogP contribution in [0.4, 0.5) is 5.69 Å². The predicted molar refractivity (Wildman–Crippen MR) is 52.7 cm³/mol. The summed E-state index contributed by atoms with van der Waals surface area (Å²) in [6.07, 6.45) is 3.02. The lowest BCUT2D eigenvalue weighted by molar-refractivity contribution is 0.0698. The van der Waals surface area contributed by atoms with E-state index in [4.69, 9.17) is 10.8 Å². The van der Waals surface area contributed by atoms with E-state index in [1.165, 1.54) is 18.7 Å². The topological polar surface area (TPSA) is 94.0 Å². The molecule has 6 nitrogen and oxygen atoms in total. The van der Waals surface area contributed by atoms with E-state index in [-0.39, 0.29) is 11.3 Å². The molecule has 1 aromatic carbocycles. The number of aromatic nitrogens is 3. The maximum Gasteiger partial charge on any atom is 0.337 e. The van der Waals surface area contributed by atoms with Crippen molar-refractivity contribution in [1.82, 2.24) is 14.8 Å². The van der Waals surface area contributed by atoms with Crippen LogP contribution in [0.25, 0.3) is 5.69 Å². The van der Waals surface area contributed by atoms with Crippen LogP contribution in [0.5, 0.6) is 0 Å². The molecule has 0 bridgehead atoms. The van der Waals surface area contributed by atoms with E-state index >= 15 is 0 Å². The van der Waals surface area contributed by atoms with Gasteiger partial charge in [0.25, 0.3) is 0 Å². The SMILES string of the molecule is Nc1cc(-n2cnnc2)ccc1C(=O)O. The molecule has 15 heavy (non-hydrogen) atoms. The van der Waals surface area contributed by atoms with Crippen molar-refractivity contribution in [3.63, 3.8) is 0 Å². The molecule has 2 aromatic rings. The van der Waals surface area contributed by atoms with Gasteiger partial charge in [0.1, 0.15) is 12.7 Å². The van der Waals surface area contributed by atoms with E-state index in [1.54, 1.807) is 16.7 Å². The number of anilines is 1. The molecular weight excluding hydrogens is 196 g/mol. The van der Waals surface area contributed by atoms with Crippen molar-refractivity contribution in [1.29, 1.82) is 0 Å². The molecule has 0 unspecified atom stereocenters. The lowest BCUT2D eigenvalue weighted by Gasteiger charge is -2.04. The first-order valence-corrected chi connectivity index (χ1v) is 4.16. The van der Waals surface area contributed by atoms with Crippen molar-refractivity contribution >= 4 is 11.7 Å². The van der Waals surface area contributed by atoms with Gasteiger partial charge in [0.05, 0.1) is 11.3 Å². The highest BCUT2D eigenvalue weighted by molar-refractivity contribution is 5.94. The van der Waals surface area contributed by atoms with Crippen molar-refractivity contribution in [3.8, 4) is 5.69 Å². The highest BCUT2D eigenvalue weighted by Gasteiger charge is 2.08. The van der Waals surface area contributed by atoms with E-state index in [0.29, 0.717) is 0 Å². The third-order valence-electron chi connectivity index (χ3n) is 1.98. The molecule has 0 spiro atoms. The molecule has 76 valence electrons.